The van der Waals surface area contributed by atoms with Crippen LogP contribution in [0.15, 0.2) is 24.3 Å². The van der Waals surface area contributed by atoms with Crippen LogP contribution in [0.4, 0.5) is 0 Å². The molecule has 1 N–H and O–H groups in total. The average molecular weight is 274 g/mol. The molecule has 5 nitrogen and oxygen atoms in total. The molecule has 108 valence electrons. The molecule has 0 aliphatic rings. The van der Waals surface area contributed by atoms with Gasteiger partial charge < -0.3 is 10.1 Å². The van der Waals surface area contributed by atoms with Crippen molar-refractivity contribution in [3.05, 3.63) is 35.7 Å². The molecule has 0 aliphatic carbocycles. The maximum Gasteiger partial charge on any atom is 0.119 e. The molecule has 1 heterocycles. The summed E-state index contributed by atoms with van der Waals surface area (Å²) in [6, 6.07) is 8.10. The Hall–Kier alpha value is -1.88. The lowest BCUT2D eigenvalue weighted by atomic mass is 10.2. The summed E-state index contributed by atoms with van der Waals surface area (Å²) in [6.07, 6.45) is 0. The summed E-state index contributed by atoms with van der Waals surface area (Å²) in [6.45, 7) is 9.79. The second-order valence-electron chi connectivity index (χ2n) is 4.68. The molecule has 0 saturated heterocycles. The van der Waals surface area contributed by atoms with E-state index < -0.39 is 0 Å². The van der Waals surface area contributed by atoms with Crippen molar-refractivity contribution in [1.29, 1.82) is 0 Å². The topological polar surface area (TPSA) is 52.0 Å². The largest absolute Gasteiger partial charge is 0.494 e. The van der Waals surface area contributed by atoms with Gasteiger partial charge in [0.05, 0.1) is 24.0 Å². The fourth-order valence-electron chi connectivity index (χ4n) is 2.24. The summed E-state index contributed by atoms with van der Waals surface area (Å²) >= 11 is 0. The van der Waals surface area contributed by atoms with Crippen LogP contribution in [-0.4, -0.2) is 28.1 Å². The molecule has 0 saturated carbocycles. The average Bonchev–Trinajstić information content (AvgIpc) is 2.82. The molecular formula is C15H22N4O. The second-order valence-corrected chi connectivity index (χ2v) is 4.68. The third kappa shape index (κ3) is 2.99. The molecular weight excluding hydrogens is 252 g/mol. The van der Waals surface area contributed by atoms with Crippen molar-refractivity contribution in [1.82, 2.24) is 20.3 Å². The second kappa shape index (κ2) is 6.52. The Morgan fingerprint density at radius 1 is 1.25 bits per heavy atom. The summed E-state index contributed by atoms with van der Waals surface area (Å²) in [4.78, 5) is 0. The van der Waals surface area contributed by atoms with Gasteiger partial charge in [0.2, 0.25) is 0 Å². The Kier molecular flexibility index (Phi) is 4.74. The standard InChI is InChI=1S/C15H22N4O/c1-5-16-11(3)15-12(4)19(18-17-15)13-7-9-14(10-8-13)20-6-2/h7-11,16H,5-6H2,1-4H3. The molecule has 2 rings (SSSR count). The lowest BCUT2D eigenvalue weighted by molar-refractivity contribution is 0.340. The van der Waals surface area contributed by atoms with Gasteiger partial charge >= 0.3 is 0 Å². The summed E-state index contributed by atoms with van der Waals surface area (Å²) in [5.41, 5.74) is 3.04. The molecule has 5 heteroatoms. The summed E-state index contributed by atoms with van der Waals surface area (Å²) in [7, 11) is 0. The molecule has 0 fully saturated rings. The van der Waals surface area contributed by atoms with Crippen LogP contribution < -0.4 is 10.1 Å². The smallest absolute Gasteiger partial charge is 0.119 e. The molecule has 0 amide bonds. The van der Waals surface area contributed by atoms with Crippen LogP contribution in [0.25, 0.3) is 5.69 Å². The maximum absolute atomic E-state index is 5.45. The highest BCUT2D eigenvalue weighted by Gasteiger charge is 2.15. The van der Waals surface area contributed by atoms with E-state index in [1.54, 1.807) is 0 Å². The van der Waals surface area contributed by atoms with Gasteiger partial charge in [-0.2, -0.15) is 0 Å². The van der Waals surface area contributed by atoms with Crippen molar-refractivity contribution in [2.45, 2.75) is 33.7 Å². The first-order chi connectivity index (χ1) is 9.67. The van der Waals surface area contributed by atoms with E-state index in [0.717, 1.165) is 29.4 Å². The van der Waals surface area contributed by atoms with E-state index in [-0.39, 0.29) is 6.04 Å². The minimum atomic E-state index is 0.205. The fraction of sp³-hybridized carbons (Fsp3) is 0.467. The highest BCUT2D eigenvalue weighted by molar-refractivity contribution is 5.38. The lowest BCUT2D eigenvalue weighted by Gasteiger charge is -2.10. The van der Waals surface area contributed by atoms with Gasteiger partial charge in [0.15, 0.2) is 0 Å². The summed E-state index contributed by atoms with van der Waals surface area (Å²) < 4.78 is 7.31. The SMILES string of the molecule is CCNC(C)c1nnn(-c2ccc(OCC)cc2)c1C. The zero-order valence-corrected chi connectivity index (χ0v) is 12.6. The minimum absolute atomic E-state index is 0.205. The number of nitrogens with zero attached hydrogens (tertiary/aromatic N) is 3. The van der Waals surface area contributed by atoms with Crippen molar-refractivity contribution < 1.29 is 4.74 Å². The number of aromatic nitrogens is 3. The first-order valence-electron chi connectivity index (χ1n) is 7.06. The normalized spacial score (nSPS) is 12.4. The van der Waals surface area contributed by atoms with E-state index in [2.05, 4.69) is 29.5 Å². The summed E-state index contributed by atoms with van der Waals surface area (Å²) in [5, 5.41) is 11.9. The van der Waals surface area contributed by atoms with E-state index >= 15 is 0 Å². The zero-order valence-electron chi connectivity index (χ0n) is 12.6. The highest BCUT2D eigenvalue weighted by Crippen LogP contribution is 2.19. The van der Waals surface area contributed by atoms with E-state index in [0.29, 0.717) is 6.61 Å². The van der Waals surface area contributed by atoms with Crippen LogP contribution in [0.3, 0.4) is 0 Å². The molecule has 20 heavy (non-hydrogen) atoms. The van der Waals surface area contributed by atoms with Gasteiger partial charge in [0.1, 0.15) is 11.4 Å². The molecule has 1 aromatic heterocycles. The van der Waals surface area contributed by atoms with Gasteiger partial charge in [-0.25, -0.2) is 4.68 Å². The van der Waals surface area contributed by atoms with Crippen LogP contribution in [-0.2, 0) is 0 Å². The Balaban J connectivity index is 2.25. The van der Waals surface area contributed by atoms with Gasteiger partial charge in [-0.05, 0) is 51.6 Å². The van der Waals surface area contributed by atoms with Gasteiger partial charge in [0, 0.05) is 0 Å². The van der Waals surface area contributed by atoms with E-state index in [4.69, 9.17) is 4.74 Å². The van der Waals surface area contributed by atoms with Crippen LogP contribution >= 0.6 is 0 Å². The number of hydrogen-bond acceptors (Lipinski definition) is 4. The quantitative estimate of drug-likeness (QED) is 0.880. The number of benzene rings is 1. The first-order valence-corrected chi connectivity index (χ1v) is 7.06. The van der Waals surface area contributed by atoms with Crippen molar-refractivity contribution in [2.24, 2.45) is 0 Å². The van der Waals surface area contributed by atoms with Crippen molar-refractivity contribution in [3.8, 4) is 11.4 Å². The minimum Gasteiger partial charge on any atom is -0.494 e. The molecule has 1 unspecified atom stereocenters. The molecule has 2 aromatic rings. The molecule has 0 aliphatic heterocycles. The number of nitrogens with one attached hydrogen (secondary N) is 1. The predicted octanol–water partition coefficient (Wildman–Crippen LogP) is 2.64. The number of ether oxygens (including phenoxy) is 1. The molecule has 0 bridgehead atoms. The Morgan fingerprint density at radius 3 is 2.55 bits per heavy atom. The van der Waals surface area contributed by atoms with Crippen molar-refractivity contribution in [3.63, 3.8) is 0 Å². The Labute approximate surface area is 120 Å². The molecule has 1 aromatic carbocycles. The van der Waals surface area contributed by atoms with E-state index in [1.807, 2.05) is 42.8 Å². The van der Waals surface area contributed by atoms with Gasteiger partial charge in [0.25, 0.3) is 0 Å². The van der Waals surface area contributed by atoms with Crippen LogP contribution in [0, 0.1) is 6.92 Å². The van der Waals surface area contributed by atoms with Crippen LogP contribution in [0.2, 0.25) is 0 Å². The number of rotatable bonds is 6. The Bertz CT molecular complexity index is 548. The first kappa shape index (κ1) is 14.5. The van der Waals surface area contributed by atoms with Gasteiger partial charge in [-0.15, -0.1) is 5.10 Å². The van der Waals surface area contributed by atoms with Gasteiger partial charge in [-0.3, -0.25) is 0 Å². The number of hydrogen-bond donors (Lipinski definition) is 1. The van der Waals surface area contributed by atoms with Crippen LogP contribution in [0.5, 0.6) is 5.75 Å². The monoisotopic (exact) mass is 274 g/mol. The van der Waals surface area contributed by atoms with Gasteiger partial charge in [-0.1, -0.05) is 12.1 Å². The van der Waals surface area contributed by atoms with E-state index in [9.17, 15) is 0 Å². The highest BCUT2D eigenvalue weighted by atomic mass is 16.5. The molecule has 1 atom stereocenters. The van der Waals surface area contributed by atoms with E-state index in [1.165, 1.54) is 0 Å². The van der Waals surface area contributed by atoms with Crippen molar-refractivity contribution >= 4 is 0 Å². The van der Waals surface area contributed by atoms with Crippen LogP contribution in [0.1, 0.15) is 38.2 Å². The molecule has 0 spiro atoms. The van der Waals surface area contributed by atoms with Crippen molar-refractivity contribution in [2.75, 3.05) is 13.2 Å². The lowest BCUT2D eigenvalue weighted by Crippen LogP contribution is -2.19. The zero-order chi connectivity index (χ0) is 14.5. The fourth-order valence-corrected chi connectivity index (χ4v) is 2.24. The third-order valence-corrected chi connectivity index (χ3v) is 3.24. The molecule has 0 radical (unpaired) electrons. The maximum atomic E-state index is 5.45. The summed E-state index contributed by atoms with van der Waals surface area (Å²) in [5.74, 6) is 0.871. The Morgan fingerprint density at radius 2 is 1.95 bits per heavy atom. The predicted molar refractivity (Wildman–Crippen MR) is 79.4 cm³/mol. The third-order valence-electron chi connectivity index (χ3n) is 3.24.